The first-order valence-corrected chi connectivity index (χ1v) is 20.0. The van der Waals surface area contributed by atoms with Crippen LogP contribution in [0.15, 0.2) is 35.7 Å². The highest BCUT2D eigenvalue weighted by atomic mass is 35.5. The number of aromatic nitrogens is 2. The van der Waals surface area contributed by atoms with Gasteiger partial charge >= 0.3 is 6.03 Å². The van der Waals surface area contributed by atoms with Crippen molar-refractivity contribution in [1.82, 2.24) is 30.2 Å². The number of fused-ring (bicyclic) bond motifs is 2. The molecule has 0 spiro atoms. The molecule has 3 N–H and O–H groups in total. The Morgan fingerprint density at radius 1 is 1.20 bits per heavy atom. The van der Waals surface area contributed by atoms with E-state index in [0.717, 1.165) is 25.0 Å². The third-order valence-electron chi connectivity index (χ3n) is 9.47. The van der Waals surface area contributed by atoms with Gasteiger partial charge in [-0.2, -0.15) is 0 Å². The third-order valence-corrected chi connectivity index (χ3v) is 12.5. The van der Waals surface area contributed by atoms with E-state index in [1.807, 2.05) is 17.5 Å². The number of hydrogen-bond donors (Lipinski definition) is 3. The van der Waals surface area contributed by atoms with Gasteiger partial charge in [-0.1, -0.05) is 37.6 Å². The molecule has 3 atom stereocenters. The molecule has 2 aromatic heterocycles. The van der Waals surface area contributed by atoms with Crippen molar-refractivity contribution in [1.29, 1.82) is 0 Å². The number of halogens is 1. The fourth-order valence-corrected chi connectivity index (χ4v) is 8.61. The van der Waals surface area contributed by atoms with Gasteiger partial charge in [0.2, 0.25) is 15.9 Å². The average Bonchev–Trinajstić information content (AvgIpc) is 4.01. The number of amides is 4. The Labute approximate surface area is 306 Å². The number of carbonyl (C=O) groups is 3. The molecule has 274 valence electrons. The van der Waals surface area contributed by atoms with Gasteiger partial charge in [-0.15, -0.1) is 11.3 Å². The molecule has 6 rings (SSSR count). The molecule has 2 unspecified atom stereocenters. The van der Waals surface area contributed by atoms with Crippen molar-refractivity contribution in [2.45, 2.75) is 81.5 Å². The van der Waals surface area contributed by atoms with Crippen molar-refractivity contribution in [3.05, 3.63) is 46.4 Å². The van der Waals surface area contributed by atoms with Crippen molar-refractivity contribution in [3.63, 3.8) is 0 Å². The number of nitrogens with one attached hydrogen (secondary N) is 3. The van der Waals surface area contributed by atoms with Gasteiger partial charge in [-0.3, -0.25) is 14.3 Å². The lowest BCUT2D eigenvalue weighted by Crippen LogP contribution is -2.58. The third kappa shape index (κ3) is 8.10. The lowest BCUT2D eigenvalue weighted by molar-refractivity contribution is -0.130. The molecule has 0 bridgehead atoms. The minimum Gasteiger partial charge on any atom is -0.495 e. The highest BCUT2D eigenvalue weighted by molar-refractivity contribution is 7.91. The summed E-state index contributed by atoms with van der Waals surface area (Å²) in [6.45, 7) is 4.60. The Morgan fingerprint density at radius 2 is 1.98 bits per heavy atom. The Kier molecular flexibility index (Phi) is 10.8. The molecule has 2 fully saturated rings. The highest BCUT2D eigenvalue weighted by Gasteiger charge is 2.61. The molecule has 2 aliphatic carbocycles. The molecule has 2 saturated carbocycles. The molecule has 16 heteroatoms. The number of benzene rings is 1. The topological polar surface area (TPSA) is 169 Å². The van der Waals surface area contributed by atoms with E-state index in [1.54, 1.807) is 25.2 Å². The van der Waals surface area contributed by atoms with E-state index in [4.69, 9.17) is 31.0 Å². The van der Waals surface area contributed by atoms with Gasteiger partial charge in [0.15, 0.2) is 0 Å². The normalized spacial score (nSPS) is 23.5. The van der Waals surface area contributed by atoms with Gasteiger partial charge in [0.25, 0.3) is 5.91 Å². The number of methoxy groups -OCH3 is 1. The number of ether oxygens (including phenoxy) is 2. The molecule has 13 nitrogen and oxygen atoms in total. The molecule has 4 amide bonds. The van der Waals surface area contributed by atoms with Crippen LogP contribution in [0.25, 0.3) is 21.6 Å². The predicted octanol–water partition coefficient (Wildman–Crippen LogP) is 5.15. The Balaban J connectivity index is 1.27. The molecule has 0 radical (unpaired) electrons. The molecule has 1 aliphatic heterocycles. The maximum atomic E-state index is 14.0. The van der Waals surface area contributed by atoms with Gasteiger partial charge in [0, 0.05) is 42.8 Å². The zero-order valence-corrected chi connectivity index (χ0v) is 31.4. The largest absolute Gasteiger partial charge is 0.495 e. The van der Waals surface area contributed by atoms with E-state index in [0.29, 0.717) is 57.5 Å². The zero-order chi connectivity index (χ0) is 36.5. The van der Waals surface area contributed by atoms with Crippen LogP contribution in [0.3, 0.4) is 0 Å². The van der Waals surface area contributed by atoms with Crippen LogP contribution in [0.5, 0.6) is 11.5 Å². The summed E-state index contributed by atoms with van der Waals surface area (Å²) >= 11 is 8.18. The first-order chi connectivity index (χ1) is 24.3. The number of rotatable bonds is 10. The minimum absolute atomic E-state index is 0.0159. The van der Waals surface area contributed by atoms with Crippen LogP contribution in [0.2, 0.25) is 5.02 Å². The first kappa shape index (κ1) is 36.8. The SMILES string of the molecule is COc1ccc2c(OCCC3NC(=O)N(C)CCCC/C=C\C4C[C@@]4(C(=O)NS(=O)(=O)C4CC4)NC3=O)cc(-c3nc(C(C)C)cs3)nc2c1Cl. The lowest BCUT2D eigenvalue weighted by Gasteiger charge is -2.26. The Hall–Kier alpha value is -3.95. The van der Waals surface area contributed by atoms with Crippen LogP contribution in [0, 0.1) is 5.92 Å². The van der Waals surface area contributed by atoms with Crippen molar-refractivity contribution in [3.8, 4) is 22.2 Å². The van der Waals surface area contributed by atoms with Crippen molar-refractivity contribution in [2.24, 2.45) is 5.92 Å². The van der Waals surface area contributed by atoms with E-state index >= 15 is 0 Å². The monoisotopic (exact) mass is 758 g/mol. The minimum atomic E-state index is -3.85. The lowest BCUT2D eigenvalue weighted by atomic mass is 10.1. The van der Waals surface area contributed by atoms with Crippen LogP contribution in [0.1, 0.15) is 70.4 Å². The summed E-state index contributed by atoms with van der Waals surface area (Å²) in [5.41, 5.74) is 0.487. The van der Waals surface area contributed by atoms with E-state index < -0.39 is 44.7 Å². The van der Waals surface area contributed by atoms with E-state index in [2.05, 4.69) is 29.2 Å². The summed E-state index contributed by atoms with van der Waals surface area (Å²) in [6, 6.07) is 3.72. The fourth-order valence-electron chi connectivity index (χ4n) is 6.02. The van der Waals surface area contributed by atoms with Crippen LogP contribution in [-0.2, 0) is 19.6 Å². The predicted molar refractivity (Wildman–Crippen MR) is 196 cm³/mol. The summed E-state index contributed by atoms with van der Waals surface area (Å²) < 4.78 is 39.4. The maximum Gasteiger partial charge on any atom is 0.317 e. The van der Waals surface area contributed by atoms with Crippen molar-refractivity contribution in [2.75, 3.05) is 27.3 Å². The molecule has 3 aliphatic rings. The van der Waals surface area contributed by atoms with Crippen molar-refractivity contribution >= 4 is 61.7 Å². The number of pyridine rings is 1. The van der Waals surface area contributed by atoms with Gasteiger partial charge in [0.1, 0.15) is 38.8 Å². The average molecular weight is 759 g/mol. The summed E-state index contributed by atoms with van der Waals surface area (Å²) in [5, 5.41) is 8.63. The number of carbonyl (C=O) groups excluding carboxylic acids is 3. The highest BCUT2D eigenvalue weighted by Crippen LogP contribution is 2.46. The standard InChI is InChI=1S/C35H43ClN6O7S2/c1-20(2)26-19-50-32(38-26)25-17-28(23-12-13-27(48-4)29(36)30(23)37-25)49-16-14-24-31(43)40-35(33(44)41-51(46,47)22-10-11-22)18-21(35)9-7-5-6-8-15-42(3)34(45)39-24/h7,9,12-13,17,19-22,24H,5-6,8,10-11,14-16,18H2,1-4H3,(H,39,45)(H,40,43)(H,41,44)/b9-7-/t21?,24?,35-/m1/s1. The number of allylic oxidation sites excluding steroid dienone is 1. The van der Waals surface area contributed by atoms with Gasteiger partial charge in [-0.05, 0) is 56.6 Å². The number of urea groups is 1. The van der Waals surface area contributed by atoms with Crippen LogP contribution >= 0.6 is 22.9 Å². The second kappa shape index (κ2) is 15.0. The first-order valence-electron chi connectivity index (χ1n) is 17.1. The van der Waals surface area contributed by atoms with Crippen LogP contribution < -0.4 is 24.8 Å². The van der Waals surface area contributed by atoms with E-state index in [9.17, 15) is 22.8 Å². The molecular formula is C35H43ClN6O7S2. The quantitative estimate of drug-likeness (QED) is 0.237. The van der Waals surface area contributed by atoms with Gasteiger partial charge in [0.05, 0.1) is 30.2 Å². The summed E-state index contributed by atoms with van der Waals surface area (Å²) in [5.74, 6) is -0.664. The van der Waals surface area contributed by atoms with Crippen LogP contribution in [0.4, 0.5) is 4.79 Å². The second-order valence-electron chi connectivity index (χ2n) is 13.6. The number of hydrogen-bond acceptors (Lipinski definition) is 10. The molecule has 3 aromatic rings. The summed E-state index contributed by atoms with van der Waals surface area (Å²) in [4.78, 5) is 51.8. The van der Waals surface area contributed by atoms with E-state index in [1.165, 1.54) is 23.3 Å². The maximum absolute atomic E-state index is 14.0. The molecule has 0 saturated heterocycles. The number of thiazole rings is 1. The van der Waals surface area contributed by atoms with Crippen molar-refractivity contribution < 1.29 is 32.3 Å². The van der Waals surface area contributed by atoms with E-state index in [-0.39, 0.29) is 31.3 Å². The molecule has 1 aromatic carbocycles. The molecule has 51 heavy (non-hydrogen) atoms. The number of nitrogens with zero attached hydrogens (tertiary/aromatic N) is 3. The summed E-state index contributed by atoms with van der Waals surface area (Å²) in [7, 11) is -0.673. The summed E-state index contributed by atoms with van der Waals surface area (Å²) in [6.07, 6.45) is 7.35. The smallest absolute Gasteiger partial charge is 0.317 e. The Bertz CT molecular complexity index is 1960. The zero-order valence-electron chi connectivity index (χ0n) is 29.0. The Morgan fingerprint density at radius 3 is 2.69 bits per heavy atom. The van der Waals surface area contributed by atoms with Gasteiger partial charge < -0.3 is 25.0 Å². The second-order valence-corrected chi connectivity index (χ2v) is 16.8. The molecule has 3 heterocycles. The van der Waals surface area contributed by atoms with Gasteiger partial charge in [-0.25, -0.2) is 23.2 Å². The fraction of sp³-hybridized carbons (Fsp3) is 0.514. The number of sulfonamides is 1. The molecular weight excluding hydrogens is 716 g/mol. The van der Waals surface area contributed by atoms with Crippen LogP contribution in [-0.4, -0.2) is 85.3 Å².